The van der Waals surface area contributed by atoms with Crippen LogP contribution in [0.4, 0.5) is 10.5 Å². The number of urea groups is 1. The molecule has 0 saturated heterocycles. The van der Waals surface area contributed by atoms with E-state index >= 15 is 0 Å². The maximum absolute atomic E-state index is 12.8. The van der Waals surface area contributed by atoms with Crippen LogP contribution in [0.1, 0.15) is 23.1 Å². The molecule has 29 heavy (non-hydrogen) atoms. The predicted octanol–water partition coefficient (Wildman–Crippen LogP) is 4.21. The van der Waals surface area contributed by atoms with E-state index < -0.39 is 0 Å². The first kappa shape index (κ1) is 20.9. The molecule has 2 amide bonds. The minimum absolute atomic E-state index is 0.0482. The van der Waals surface area contributed by atoms with E-state index in [4.69, 9.17) is 11.6 Å². The Bertz CT molecular complexity index is 1090. The van der Waals surface area contributed by atoms with Crippen LogP contribution in [0.25, 0.3) is 10.9 Å². The fourth-order valence-corrected chi connectivity index (χ4v) is 3.51. The number of hydrogen-bond donors (Lipinski definition) is 3. The number of pyridine rings is 1. The highest BCUT2D eigenvalue weighted by Crippen LogP contribution is 2.20. The third-order valence-corrected chi connectivity index (χ3v) is 4.94. The van der Waals surface area contributed by atoms with Crippen molar-refractivity contribution < 1.29 is 9.90 Å². The number of aryl methyl sites for hydroxylation is 2. The highest BCUT2D eigenvalue weighted by atomic mass is 35.5. The molecule has 0 aliphatic heterocycles. The monoisotopic (exact) mass is 413 g/mol. The molecule has 3 aromatic rings. The molecule has 3 N–H and O–H groups in total. The Balaban J connectivity index is 1.88. The lowest BCUT2D eigenvalue weighted by Crippen LogP contribution is -2.37. The molecule has 0 bridgehead atoms. The third kappa shape index (κ3) is 5.16. The summed E-state index contributed by atoms with van der Waals surface area (Å²) in [4.78, 5) is 29.8. The zero-order valence-corrected chi connectivity index (χ0v) is 17.2. The maximum Gasteiger partial charge on any atom is 0.322 e. The zero-order chi connectivity index (χ0) is 21.0. The summed E-state index contributed by atoms with van der Waals surface area (Å²) in [6, 6.07) is 12.3. The maximum atomic E-state index is 12.8. The quantitative estimate of drug-likeness (QED) is 0.565. The van der Waals surface area contributed by atoms with Gasteiger partial charge >= 0.3 is 6.03 Å². The molecular formula is C22H24ClN3O3. The van der Waals surface area contributed by atoms with Gasteiger partial charge in [-0.05, 0) is 61.7 Å². The fourth-order valence-electron chi connectivity index (χ4n) is 3.32. The molecule has 3 rings (SSSR count). The molecule has 0 aliphatic carbocycles. The Hall–Kier alpha value is -2.83. The van der Waals surface area contributed by atoms with Crippen molar-refractivity contribution >= 4 is 34.2 Å². The van der Waals surface area contributed by atoms with E-state index in [-0.39, 0.29) is 24.7 Å². The Morgan fingerprint density at radius 2 is 2.00 bits per heavy atom. The van der Waals surface area contributed by atoms with Crippen LogP contribution in [0.5, 0.6) is 0 Å². The van der Waals surface area contributed by atoms with E-state index in [1.54, 1.807) is 24.3 Å². The number of aliphatic hydroxyl groups is 1. The number of fused-ring (bicyclic) bond motifs is 1. The number of H-pyrrole nitrogens is 1. The number of aromatic amines is 1. The van der Waals surface area contributed by atoms with Crippen LogP contribution in [-0.4, -0.2) is 34.2 Å². The van der Waals surface area contributed by atoms with Crippen molar-refractivity contribution in [2.24, 2.45) is 0 Å². The first-order valence-electron chi connectivity index (χ1n) is 9.43. The zero-order valence-electron chi connectivity index (χ0n) is 16.5. The lowest BCUT2D eigenvalue weighted by atomic mass is 10.0. The average Bonchev–Trinajstić information content (AvgIpc) is 2.65. The smallest absolute Gasteiger partial charge is 0.322 e. The van der Waals surface area contributed by atoms with Gasteiger partial charge in [-0.1, -0.05) is 23.7 Å². The molecule has 0 aliphatic rings. The van der Waals surface area contributed by atoms with E-state index in [0.717, 1.165) is 22.0 Å². The van der Waals surface area contributed by atoms with Gasteiger partial charge in [0.2, 0.25) is 0 Å². The number of amides is 2. The molecule has 0 spiro atoms. The number of aromatic nitrogens is 1. The van der Waals surface area contributed by atoms with Gasteiger partial charge in [0.25, 0.3) is 5.56 Å². The molecule has 152 valence electrons. The molecule has 0 saturated carbocycles. The van der Waals surface area contributed by atoms with Gasteiger partial charge in [-0.3, -0.25) is 4.79 Å². The second kappa shape index (κ2) is 9.11. The van der Waals surface area contributed by atoms with Gasteiger partial charge in [0.05, 0.1) is 6.54 Å². The van der Waals surface area contributed by atoms with Crippen LogP contribution in [0.2, 0.25) is 5.02 Å². The van der Waals surface area contributed by atoms with E-state index in [1.165, 1.54) is 4.90 Å². The summed E-state index contributed by atoms with van der Waals surface area (Å²) in [6.45, 7) is 4.37. The van der Waals surface area contributed by atoms with Crippen LogP contribution in [0.15, 0.2) is 47.3 Å². The number of rotatable bonds is 6. The molecule has 1 heterocycles. The van der Waals surface area contributed by atoms with Crippen LogP contribution < -0.4 is 10.9 Å². The number of nitrogens with one attached hydrogen (secondary N) is 2. The highest BCUT2D eigenvalue weighted by Gasteiger charge is 2.17. The van der Waals surface area contributed by atoms with Gasteiger partial charge in [0.15, 0.2) is 0 Å². The van der Waals surface area contributed by atoms with Crippen molar-refractivity contribution in [2.75, 3.05) is 18.5 Å². The molecule has 7 heteroatoms. The number of nitrogens with zero attached hydrogens (tertiary/aromatic N) is 1. The topological polar surface area (TPSA) is 85.4 Å². The van der Waals surface area contributed by atoms with Crippen LogP contribution in [0, 0.1) is 13.8 Å². The second-order valence-electron chi connectivity index (χ2n) is 7.11. The number of hydrogen-bond acceptors (Lipinski definition) is 3. The predicted molar refractivity (Wildman–Crippen MR) is 117 cm³/mol. The first-order chi connectivity index (χ1) is 13.9. The summed E-state index contributed by atoms with van der Waals surface area (Å²) >= 11 is 5.98. The minimum Gasteiger partial charge on any atom is -0.396 e. The molecule has 0 unspecified atom stereocenters. The number of carbonyl (C=O) groups is 1. The fraction of sp³-hybridized carbons (Fsp3) is 0.273. The summed E-state index contributed by atoms with van der Waals surface area (Å²) in [5.74, 6) is 0. The number of aliphatic hydroxyl groups excluding tert-OH is 1. The summed E-state index contributed by atoms with van der Waals surface area (Å²) in [6.07, 6.45) is 0.409. The van der Waals surface area contributed by atoms with Crippen molar-refractivity contribution in [1.82, 2.24) is 9.88 Å². The number of carbonyl (C=O) groups excluding carboxylic acids is 1. The van der Waals surface area contributed by atoms with E-state index in [9.17, 15) is 14.7 Å². The highest BCUT2D eigenvalue weighted by molar-refractivity contribution is 6.30. The molecule has 0 fully saturated rings. The van der Waals surface area contributed by atoms with Crippen molar-refractivity contribution in [3.05, 3.63) is 74.5 Å². The average molecular weight is 414 g/mol. The minimum atomic E-state index is -0.360. The van der Waals surface area contributed by atoms with Gasteiger partial charge in [-0.15, -0.1) is 0 Å². The van der Waals surface area contributed by atoms with Crippen LogP contribution in [0.3, 0.4) is 0 Å². The number of benzene rings is 2. The van der Waals surface area contributed by atoms with Gasteiger partial charge in [-0.25, -0.2) is 4.79 Å². The first-order valence-corrected chi connectivity index (χ1v) is 9.80. The number of anilines is 1. The van der Waals surface area contributed by atoms with Gasteiger partial charge in [-0.2, -0.15) is 0 Å². The van der Waals surface area contributed by atoms with Gasteiger partial charge < -0.3 is 20.3 Å². The van der Waals surface area contributed by atoms with Crippen molar-refractivity contribution in [2.45, 2.75) is 26.8 Å². The summed E-state index contributed by atoms with van der Waals surface area (Å²) in [5.41, 5.74) is 3.74. The summed E-state index contributed by atoms with van der Waals surface area (Å²) in [7, 11) is 0. The molecular weight excluding hydrogens is 390 g/mol. The number of halogens is 1. The molecule has 0 radical (unpaired) electrons. The Morgan fingerprint density at radius 3 is 2.72 bits per heavy atom. The Morgan fingerprint density at radius 1 is 1.21 bits per heavy atom. The SMILES string of the molecule is Cc1cc(C)c2cc(CN(CCCO)C(=O)Nc3cccc(Cl)c3)c(=O)[nH]c2c1. The van der Waals surface area contributed by atoms with Gasteiger partial charge in [0, 0.05) is 40.3 Å². The lowest BCUT2D eigenvalue weighted by Gasteiger charge is -2.23. The van der Waals surface area contributed by atoms with E-state index in [2.05, 4.69) is 16.4 Å². The molecule has 6 nitrogen and oxygen atoms in total. The standard InChI is InChI=1S/C22H24ClN3O3/c1-14-9-15(2)19-11-16(21(28)25-20(19)10-14)13-26(7-4-8-27)22(29)24-18-6-3-5-17(23)12-18/h3,5-6,9-12,27H,4,7-8,13H2,1-2H3,(H,24,29)(H,25,28). The van der Waals surface area contributed by atoms with Crippen molar-refractivity contribution in [3.8, 4) is 0 Å². The van der Waals surface area contributed by atoms with Crippen molar-refractivity contribution in [3.63, 3.8) is 0 Å². The Kier molecular flexibility index (Phi) is 6.56. The summed E-state index contributed by atoms with van der Waals surface area (Å²) < 4.78 is 0. The molecule has 2 aromatic carbocycles. The normalized spacial score (nSPS) is 10.9. The van der Waals surface area contributed by atoms with Gasteiger partial charge in [0.1, 0.15) is 0 Å². The molecule has 0 atom stereocenters. The second-order valence-corrected chi connectivity index (χ2v) is 7.54. The third-order valence-electron chi connectivity index (χ3n) is 4.70. The van der Waals surface area contributed by atoms with Crippen LogP contribution in [-0.2, 0) is 6.54 Å². The Labute approximate surface area is 174 Å². The van der Waals surface area contributed by atoms with E-state index in [0.29, 0.717) is 29.2 Å². The largest absolute Gasteiger partial charge is 0.396 e. The molecule has 1 aromatic heterocycles. The lowest BCUT2D eigenvalue weighted by molar-refractivity contribution is 0.199. The van der Waals surface area contributed by atoms with Crippen molar-refractivity contribution in [1.29, 1.82) is 0 Å². The summed E-state index contributed by atoms with van der Waals surface area (Å²) in [5, 5.41) is 13.5. The van der Waals surface area contributed by atoms with E-state index in [1.807, 2.05) is 26.0 Å². The van der Waals surface area contributed by atoms with Crippen LogP contribution >= 0.6 is 11.6 Å².